The van der Waals surface area contributed by atoms with Gasteiger partial charge in [-0.25, -0.2) is 16.8 Å². The molecule has 0 atom stereocenters. The van der Waals surface area contributed by atoms with Crippen LogP contribution in [0.3, 0.4) is 0 Å². The smallest absolute Gasteiger partial charge is 0.236 e. The van der Waals surface area contributed by atoms with Gasteiger partial charge in [-0.3, -0.25) is 4.72 Å². The molecule has 10 heteroatoms. The molecule has 0 amide bonds. The molecule has 1 N–H and O–H groups in total. The van der Waals surface area contributed by atoms with E-state index in [-0.39, 0.29) is 18.1 Å². The van der Waals surface area contributed by atoms with Crippen LogP contribution in [0.25, 0.3) is 0 Å². The second-order valence-electron chi connectivity index (χ2n) is 7.05. The molecule has 0 aromatic heterocycles. The molecular weight excluding hydrogens is 428 g/mol. The van der Waals surface area contributed by atoms with Crippen LogP contribution in [0.4, 0.5) is 5.69 Å². The molecule has 0 fully saturated rings. The van der Waals surface area contributed by atoms with E-state index in [2.05, 4.69) is 4.72 Å². The second kappa shape index (κ2) is 8.83. The van der Waals surface area contributed by atoms with E-state index in [1.165, 1.54) is 18.5 Å². The van der Waals surface area contributed by atoms with Gasteiger partial charge in [0, 0.05) is 24.8 Å². The Balaban J connectivity index is 1.79. The van der Waals surface area contributed by atoms with Crippen LogP contribution in [0.2, 0.25) is 0 Å². The summed E-state index contributed by atoms with van der Waals surface area (Å²) in [5.74, 6) is 0.795. The van der Waals surface area contributed by atoms with Crippen molar-refractivity contribution >= 4 is 25.7 Å². The first-order valence-corrected chi connectivity index (χ1v) is 12.7. The number of benzene rings is 2. The summed E-state index contributed by atoms with van der Waals surface area (Å²) in [6.07, 6.45) is 0.602. The average molecular weight is 455 g/mol. The fourth-order valence-electron chi connectivity index (χ4n) is 3.40. The van der Waals surface area contributed by atoms with Gasteiger partial charge < -0.3 is 9.47 Å². The summed E-state index contributed by atoms with van der Waals surface area (Å²) in [5, 5.41) is 0. The van der Waals surface area contributed by atoms with Gasteiger partial charge in [0.25, 0.3) is 0 Å². The molecule has 2 aromatic carbocycles. The van der Waals surface area contributed by atoms with Crippen LogP contribution in [0, 0.1) is 0 Å². The molecule has 0 saturated carbocycles. The molecule has 2 aromatic rings. The normalized spacial score (nSPS) is 14.8. The van der Waals surface area contributed by atoms with Gasteiger partial charge in [0.2, 0.25) is 20.0 Å². The summed E-state index contributed by atoms with van der Waals surface area (Å²) < 4.78 is 64.2. The number of fused-ring (bicyclic) bond motifs is 1. The van der Waals surface area contributed by atoms with Crippen molar-refractivity contribution < 1.29 is 26.3 Å². The molecule has 1 aliphatic rings. The minimum atomic E-state index is -3.70. The zero-order valence-electron chi connectivity index (χ0n) is 17.2. The lowest BCUT2D eigenvalue weighted by molar-refractivity contribution is 0.392. The third-order valence-electron chi connectivity index (χ3n) is 4.98. The summed E-state index contributed by atoms with van der Waals surface area (Å²) in [7, 11) is -4.00. The molecular formula is C20H26N2O6S2. The highest BCUT2D eigenvalue weighted by molar-refractivity contribution is 7.91. The summed E-state index contributed by atoms with van der Waals surface area (Å²) in [4.78, 5) is 0. The number of nitrogens with one attached hydrogen (secondary N) is 1. The number of hydrogen-bond donors (Lipinski definition) is 1. The Morgan fingerprint density at radius 2 is 1.63 bits per heavy atom. The zero-order valence-corrected chi connectivity index (χ0v) is 18.8. The highest BCUT2D eigenvalue weighted by atomic mass is 32.2. The van der Waals surface area contributed by atoms with Crippen LogP contribution in [0.15, 0.2) is 36.4 Å². The van der Waals surface area contributed by atoms with Crippen LogP contribution in [-0.2, 0) is 38.8 Å². The van der Waals surface area contributed by atoms with Crippen molar-refractivity contribution in [3.8, 4) is 11.5 Å². The first kappa shape index (κ1) is 22.4. The lowest BCUT2D eigenvalue weighted by Crippen LogP contribution is -2.36. The molecule has 1 aliphatic heterocycles. The van der Waals surface area contributed by atoms with E-state index in [9.17, 15) is 16.8 Å². The molecule has 30 heavy (non-hydrogen) atoms. The molecule has 164 valence electrons. The van der Waals surface area contributed by atoms with Crippen molar-refractivity contribution in [2.75, 3.05) is 31.2 Å². The highest BCUT2D eigenvalue weighted by Gasteiger charge is 2.25. The first-order valence-electron chi connectivity index (χ1n) is 9.48. The van der Waals surface area contributed by atoms with Crippen LogP contribution >= 0.6 is 0 Å². The molecule has 0 aliphatic carbocycles. The van der Waals surface area contributed by atoms with E-state index in [0.717, 1.165) is 11.1 Å². The minimum absolute atomic E-state index is 0.0403. The highest BCUT2D eigenvalue weighted by Crippen LogP contribution is 2.27. The molecule has 0 unspecified atom stereocenters. The summed E-state index contributed by atoms with van der Waals surface area (Å²) >= 11 is 0. The van der Waals surface area contributed by atoms with Gasteiger partial charge in [-0.2, -0.15) is 4.31 Å². The third-order valence-corrected chi connectivity index (χ3v) is 8.07. The molecule has 3 rings (SSSR count). The standard InChI is InChI=1S/C20H26N2O6S2/c1-4-30(25,26)22-8-7-16-5-6-18(11-17(16)13-22)21-29(23,24)14-15-9-19(27-2)12-20(10-15)28-3/h5-6,9-12,21H,4,7-8,13-14H2,1-3H3. The number of methoxy groups -OCH3 is 2. The Kier molecular flexibility index (Phi) is 6.59. The Morgan fingerprint density at radius 3 is 2.23 bits per heavy atom. The maximum Gasteiger partial charge on any atom is 0.236 e. The number of hydrogen-bond acceptors (Lipinski definition) is 6. The zero-order chi connectivity index (χ0) is 21.9. The lowest BCUT2D eigenvalue weighted by atomic mass is 10.0. The largest absolute Gasteiger partial charge is 0.497 e. The van der Waals surface area contributed by atoms with Gasteiger partial charge in [0.05, 0.1) is 25.7 Å². The van der Waals surface area contributed by atoms with Gasteiger partial charge in [0.1, 0.15) is 11.5 Å². The Morgan fingerprint density at radius 1 is 0.967 bits per heavy atom. The van der Waals surface area contributed by atoms with E-state index >= 15 is 0 Å². The van der Waals surface area contributed by atoms with Gasteiger partial charge in [0.15, 0.2) is 0 Å². The monoisotopic (exact) mass is 454 g/mol. The Bertz CT molecular complexity index is 1110. The lowest BCUT2D eigenvalue weighted by Gasteiger charge is -2.28. The van der Waals surface area contributed by atoms with Crippen LogP contribution in [0.5, 0.6) is 11.5 Å². The van der Waals surface area contributed by atoms with Crippen molar-refractivity contribution in [3.05, 3.63) is 53.1 Å². The molecule has 0 saturated heterocycles. The van der Waals surface area contributed by atoms with Gasteiger partial charge >= 0.3 is 0 Å². The summed E-state index contributed by atoms with van der Waals surface area (Å²) in [6, 6.07) is 10.2. The minimum Gasteiger partial charge on any atom is -0.497 e. The fraction of sp³-hybridized carbons (Fsp3) is 0.400. The second-order valence-corrected chi connectivity index (χ2v) is 11.0. The van der Waals surface area contributed by atoms with Crippen molar-refractivity contribution in [2.24, 2.45) is 0 Å². The summed E-state index contributed by atoms with van der Waals surface area (Å²) in [5.41, 5.74) is 2.76. The quantitative estimate of drug-likeness (QED) is 0.657. The molecule has 8 nitrogen and oxygen atoms in total. The number of sulfonamides is 2. The van der Waals surface area contributed by atoms with Crippen LogP contribution in [-0.4, -0.2) is 47.7 Å². The van der Waals surface area contributed by atoms with Gasteiger partial charge in [-0.1, -0.05) is 6.07 Å². The SMILES string of the molecule is CCS(=O)(=O)N1CCc2ccc(NS(=O)(=O)Cc3cc(OC)cc(OC)c3)cc2C1. The van der Waals surface area contributed by atoms with E-state index in [0.29, 0.717) is 35.7 Å². The maximum absolute atomic E-state index is 12.7. The number of rotatable bonds is 8. The van der Waals surface area contributed by atoms with E-state index < -0.39 is 20.0 Å². The van der Waals surface area contributed by atoms with E-state index in [4.69, 9.17) is 9.47 Å². The van der Waals surface area contributed by atoms with Crippen molar-refractivity contribution in [1.29, 1.82) is 0 Å². The van der Waals surface area contributed by atoms with Crippen molar-refractivity contribution in [2.45, 2.75) is 25.6 Å². The van der Waals surface area contributed by atoms with E-state index in [1.54, 1.807) is 37.3 Å². The van der Waals surface area contributed by atoms with Gasteiger partial charge in [-0.15, -0.1) is 0 Å². The topological polar surface area (TPSA) is 102 Å². The predicted molar refractivity (Wildman–Crippen MR) is 116 cm³/mol. The molecule has 0 spiro atoms. The molecule has 1 heterocycles. The number of nitrogens with zero attached hydrogens (tertiary/aromatic N) is 1. The summed E-state index contributed by atoms with van der Waals surface area (Å²) in [6.45, 7) is 2.29. The predicted octanol–water partition coefficient (Wildman–Crippen LogP) is 2.35. The average Bonchev–Trinajstić information content (AvgIpc) is 2.72. The Labute approximate surface area is 177 Å². The van der Waals surface area contributed by atoms with Crippen LogP contribution in [0.1, 0.15) is 23.6 Å². The van der Waals surface area contributed by atoms with Crippen LogP contribution < -0.4 is 14.2 Å². The van der Waals surface area contributed by atoms with E-state index in [1.807, 2.05) is 6.07 Å². The molecule has 0 bridgehead atoms. The van der Waals surface area contributed by atoms with Crippen molar-refractivity contribution in [1.82, 2.24) is 4.31 Å². The maximum atomic E-state index is 12.7. The number of ether oxygens (including phenoxy) is 2. The first-order chi connectivity index (χ1) is 14.2. The Hall–Kier alpha value is -2.30. The molecule has 0 radical (unpaired) electrons. The van der Waals surface area contributed by atoms with Gasteiger partial charge in [-0.05, 0) is 54.3 Å². The third kappa shape index (κ3) is 5.24. The number of anilines is 1. The fourth-order valence-corrected chi connectivity index (χ4v) is 5.63. The van der Waals surface area contributed by atoms with Crippen molar-refractivity contribution in [3.63, 3.8) is 0 Å².